The molecular formula is C8H14ClNO2. The lowest BCUT2D eigenvalue weighted by atomic mass is 10.1. The van der Waals surface area contributed by atoms with Gasteiger partial charge in [-0.3, -0.25) is 4.79 Å². The van der Waals surface area contributed by atoms with Crippen molar-refractivity contribution >= 4 is 18.4 Å². The minimum atomic E-state index is -0.520. The highest BCUT2D eigenvalue weighted by Gasteiger charge is 2.11. The lowest BCUT2D eigenvalue weighted by Crippen LogP contribution is -2.31. The summed E-state index contributed by atoms with van der Waals surface area (Å²) in [5, 5.41) is 0. The summed E-state index contributed by atoms with van der Waals surface area (Å²) in [6, 6.07) is -0.520. The van der Waals surface area contributed by atoms with Crippen molar-refractivity contribution in [3.05, 3.63) is 0 Å². The molecular weight excluding hydrogens is 178 g/mol. The molecule has 0 aliphatic carbocycles. The van der Waals surface area contributed by atoms with Gasteiger partial charge in [-0.05, 0) is 12.8 Å². The number of ether oxygens (including phenoxy) is 1. The van der Waals surface area contributed by atoms with Crippen LogP contribution in [0.4, 0.5) is 0 Å². The minimum absolute atomic E-state index is 0. The maximum absolute atomic E-state index is 10.7. The fourth-order valence-electron chi connectivity index (χ4n) is 0.693. The van der Waals surface area contributed by atoms with Crippen LogP contribution in [0.1, 0.15) is 19.3 Å². The lowest BCUT2D eigenvalue weighted by Gasteiger charge is -2.06. The topological polar surface area (TPSA) is 52.3 Å². The zero-order valence-corrected chi connectivity index (χ0v) is 7.89. The molecule has 0 fully saturated rings. The van der Waals surface area contributed by atoms with Crippen molar-refractivity contribution in [1.82, 2.24) is 0 Å². The first kappa shape index (κ1) is 13.8. The Morgan fingerprint density at radius 2 is 2.33 bits per heavy atom. The van der Waals surface area contributed by atoms with Gasteiger partial charge in [-0.1, -0.05) is 0 Å². The average Bonchev–Trinajstić information content (AvgIpc) is 2.03. The van der Waals surface area contributed by atoms with Crippen molar-refractivity contribution in [2.75, 3.05) is 7.11 Å². The summed E-state index contributed by atoms with van der Waals surface area (Å²) >= 11 is 0. The molecule has 0 aliphatic rings. The van der Waals surface area contributed by atoms with E-state index in [1.54, 1.807) is 0 Å². The number of terminal acetylenes is 1. The largest absolute Gasteiger partial charge is 0.468 e. The van der Waals surface area contributed by atoms with Crippen molar-refractivity contribution in [2.24, 2.45) is 5.73 Å². The number of carbonyl (C=O) groups is 1. The van der Waals surface area contributed by atoms with Crippen molar-refractivity contribution in [3.8, 4) is 12.3 Å². The smallest absolute Gasteiger partial charge is 0.322 e. The van der Waals surface area contributed by atoms with Gasteiger partial charge in [-0.2, -0.15) is 0 Å². The third-order valence-electron chi connectivity index (χ3n) is 1.34. The predicted octanol–water partition coefficient (Wildman–Crippen LogP) is 0.712. The highest BCUT2D eigenvalue weighted by molar-refractivity contribution is 5.85. The Kier molecular flexibility index (Phi) is 9.66. The summed E-state index contributed by atoms with van der Waals surface area (Å²) in [6.07, 6.45) is 7.04. The third-order valence-corrected chi connectivity index (χ3v) is 1.34. The summed E-state index contributed by atoms with van der Waals surface area (Å²) in [7, 11) is 1.32. The van der Waals surface area contributed by atoms with Crippen LogP contribution in [-0.4, -0.2) is 19.1 Å². The summed E-state index contributed by atoms with van der Waals surface area (Å²) in [4.78, 5) is 10.7. The number of halogens is 1. The number of rotatable bonds is 4. The molecule has 0 aromatic rings. The van der Waals surface area contributed by atoms with Crippen LogP contribution in [0.15, 0.2) is 0 Å². The predicted molar refractivity (Wildman–Crippen MR) is 49.9 cm³/mol. The Morgan fingerprint density at radius 3 is 2.75 bits per heavy atom. The zero-order chi connectivity index (χ0) is 8.69. The first-order chi connectivity index (χ1) is 5.22. The monoisotopic (exact) mass is 191 g/mol. The van der Waals surface area contributed by atoms with Gasteiger partial charge in [-0.25, -0.2) is 0 Å². The van der Waals surface area contributed by atoms with Crippen LogP contribution in [0.5, 0.6) is 0 Å². The molecule has 70 valence electrons. The van der Waals surface area contributed by atoms with Crippen LogP contribution >= 0.6 is 12.4 Å². The Bertz CT molecular complexity index is 165. The summed E-state index contributed by atoms with van der Waals surface area (Å²) < 4.78 is 4.43. The molecule has 0 radical (unpaired) electrons. The normalized spacial score (nSPS) is 10.8. The molecule has 0 spiro atoms. The SMILES string of the molecule is C#CCCCC(N)C(=O)OC.Cl. The van der Waals surface area contributed by atoms with Crippen LogP contribution in [0.3, 0.4) is 0 Å². The van der Waals surface area contributed by atoms with E-state index in [1.165, 1.54) is 7.11 Å². The molecule has 12 heavy (non-hydrogen) atoms. The number of esters is 1. The molecule has 0 saturated carbocycles. The maximum atomic E-state index is 10.7. The molecule has 4 heteroatoms. The molecule has 0 aliphatic heterocycles. The van der Waals surface area contributed by atoms with Crippen molar-refractivity contribution in [2.45, 2.75) is 25.3 Å². The fourth-order valence-corrected chi connectivity index (χ4v) is 0.693. The Labute approximate surface area is 79.1 Å². The number of nitrogens with two attached hydrogens (primary N) is 1. The van der Waals surface area contributed by atoms with Gasteiger partial charge >= 0.3 is 5.97 Å². The number of hydrogen-bond donors (Lipinski definition) is 1. The van der Waals surface area contributed by atoms with E-state index in [0.717, 1.165) is 6.42 Å². The average molecular weight is 192 g/mol. The van der Waals surface area contributed by atoms with Gasteiger partial charge in [-0.15, -0.1) is 24.8 Å². The molecule has 0 aromatic carbocycles. The van der Waals surface area contributed by atoms with E-state index in [2.05, 4.69) is 10.7 Å². The molecule has 0 aromatic heterocycles. The molecule has 1 unspecified atom stereocenters. The summed E-state index contributed by atoms with van der Waals surface area (Å²) in [5.41, 5.74) is 5.43. The van der Waals surface area contributed by atoms with Gasteiger partial charge in [0.25, 0.3) is 0 Å². The van der Waals surface area contributed by atoms with Gasteiger partial charge in [0.1, 0.15) is 6.04 Å². The second-order valence-electron chi connectivity index (χ2n) is 2.23. The van der Waals surface area contributed by atoms with Crippen LogP contribution < -0.4 is 5.73 Å². The van der Waals surface area contributed by atoms with Crippen molar-refractivity contribution in [3.63, 3.8) is 0 Å². The molecule has 0 saturated heterocycles. The minimum Gasteiger partial charge on any atom is -0.468 e. The van der Waals surface area contributed by atoms with E-state index in [9.17, 15) is 4.79 Å². The Morgan fingerprint density at radius 1 is 1.75 bits per heavy atom. The van der Waals surface area contributed by atoms with E-state index in [-0.39, 0.29) is 18.4 Å². The molecule has 0 amide bonds. The third kappa shape index (κ3) is 6.02. The quantitative estimate of drug-likeness (QED) is 0.405. The van der Waals surface area contributed by atoms with Crippen molar-refractivity contribution < 1.29 is 9.53 Å². The second-order valence-corrected chi connectivity index (χ2v) is 2.23. The van der Waals surface area contributed by atoms with E-state index in [0.29, 0.717) is 12.8 Å². The maximum Gasteiger partial charge on any atom is 0.322 e. The molecule has 0 bridgehead atoms. The summed E-state index contributed by atoms with van der Waals surface area (Å²) in [5.74, 6) is 2.10. The Balaban J connectivity index is 0. The van der Waals surface area contributed by atoms with Crippen molar-refractivity contribution in [1.29, 1.82) is 0 Å². The lowest BCUT2D eigenvalue weighted by molar-refractivity contribution is -0.142. The molecule has 0 rings (SSSR count). The fraction of sp³-hybridized carbons (Fsp3) is 0.625. The van der Waals surface area contributed by atoms with E-state index >= 15 is 0 Å². The number of hydrogen-bond acceptors (Lipinski definition) is 3. The first-order valence-corrected chi connectivity index (χ1v) is 3.49. The molecule has 2 N–H and O–H groups in total. The van der Waals surface area contributed by atoms with Gasteiger partial charge in [0.15, 0.2) is 0 Å². The van der Waals surface area contributed by atoms with Crippen LogP contribution in [0, 0.1) is 12.3 Å². The van der Waals surface area contributed by atoms with Gasteiger partial charge in [0, 0.05) is 6.42 Å². The standard InChI is InChI=1S/C8H13NO2.ClH/c1-3-4-5-6-7(9)8(10)11-2;/h1,7H,4-6,9H2,2H3;1H. The number of unbranched alkanes of at least 4 members (excludes halogenated alkanes) is 1. The second kappa shape index (κ2) is 8.38. The van der Waals surface area contributed by atoms with Crippen LogP contribution in [-0.2, 0) is 9.53 Å². The van der Waals surface area contributed by atoms with Gasteiger partial charge in [0.05, 0.1) is 7.11 Å². The number of carbonyl (C=O) groups excluding carboxylic acids is 1. The van der Waals surface area contributed by atoms with E-state index in [1.807, 2.05) is 0 Å². The Hall–Kier alpha value is -0.720. The zero-order valence-electron chi connectivity index (χ0n) is 7.08. The van der Waals surface area contributed by atoms with Gasteiger partial charge < -0.3 is 10.5 Å². The number of methoxy groups -OCH3 is 1. The van der Waals surface area contributed by atoms with E-state index < -0.39 is 6.04 Å². The van der Waals surface area contributed by atoms with Crippen LogP contribution in [0.2, 0.25) is 0 Å². The highest BCUT2D eigenvalue weighted by atomic mass is 35.5. The van der Waals surface area contributed by atoms with E-state index in [4.69, 9.17) is 12.2 Å². The first-order valence-electron chi connectivity index (χ1n) is 3.49. The molecule has 3 nitrogen and oxygen atoms in total. The summed E-state index contributed by atoms with van der Waals surface area (Å²) in [6.45, 7) is 0. The van der Waals surface area contributed by atoms with Gasteiger partial charge in [0.2, 0.25) is 0 Å². The molecule has 1 atom stereocenters. The molecule has 0 heterocycles. The van der Waals surface area contributed by atoms with Crippen LogP contribution in [0.25, 0.3) is 0 Å². The highest BCUT2D eigenvalue weighted by Crippen LogP contribution is 1.98.